The van der Waals surface area contributed by atoms with Gasteiger partial charge in [-0.05, 0) is 128 Å². The van der Waals surface area contributed by atoms with Crippen molar-refractivity contribution < 1.29 is 0 Å². The molecule has 0 N–H and O–H groups in total. The van der Waals surface area contributed by atoms with E-state index in [9.17, 15) is 0 Å². The van der Waals surface area contributed by atoms with Crippen molar-refractivity contribution in [2.24, 2.45) is 0 Å². The molecular formula is C56H36. The zero-order valence-electron chi connectivity index (χ0n) is 30.8. The summed E-state index contributed by atoms with van der Waals surface area (Å²) in [4.78, 5) is 0. The molecule has 0 aromatic heterocycles. The fourth-order valence-electron chi connectivity index (χ4n) is 9.13. The molecule has 0 saturated carbocycles. The van der Waals surface area contributed by atoms with Gasteiger partial charge in [0.05, 0.1) is 0 Å². The van der Waals surface area contributed by atoms with Crippen molar-refractivity contribution in [3.8, 4) is 55.6 Å². The molecule has 0 heteroatoms. The van der Waals surface area contributed by atoms with E-state index in [1.165, 1.54) is 109 Å². The summed E-state index contributed by atoms with van der Waals surface area (Å²) in [5, 5.41) is 12.6. The Bertz CT molecular complexity index is 3230. The Morgan fingerprint density at radius 2 is 0.661 bits per heavy atom. The van der Waals surface area contributed by atoms with Crippen molar-refractivity contribution in [3.63, 3.8) is 0 Å². The van der Waals surface area contributed by atoms with Crippen LogP contribution in [0.5, 0.6) is 0 Å². The van der Waals surface area contributed by atoms with Gasteiger partial charge in [-0.15, -0.1) is 0 Å². The summed E-state index contributed by atoms with van der Waals surface area (Å²) in [6.45, 7) is 0. The Hall–Kier alpha value is -7.28. The van der Waals surface area contributed by atoms with Gasteiger partial charge in [0.2, 0.25) is 0 Å². The third kappa shape index (κ3) is 5.22. The summed E-state index contributed by atoms with van der Waals surface area (Å²) in [6, 6.07) is 80.5. The first-order chi connectivity index (χ1) is 27.8. The highest BCUT2D eigenvalue weighted by Gasteiger charge is 2.21. The van der Waals surface area contributed by atoms with E-state index in [1.54, 1.807) is 0 Å². The standard InChI is InChI=1S/C56H36/c1-2-17-38(18-3-1)55-49-27-10-12-29-51(49)56(52-30-13-11-28-50(52)55)54-36-42(53-35-41-19-5-7-24-45(41)47-25-8-9-26-48(47)53)32-33-46(54)40-22-14-21-39(34-40)44-31-15-20-37-16-4-6-23-43(37)44/h1-36H. The van der Waals surface area contributed by atoms with Crippen LogP contribution < -0.4 is 0 Å². The second-order valence-corrected chi connectivity index (χ2v) is 14.8. The average Bonchev–Trinajstić information content (AvgIpc) is 3.28. The molecule has 0 fully saturated rings. The molecule has 0 radical (unpaired) electrons. The largest absolute Gasteiger partial charge is 0.0622 e. The first-order valence-corrected chi connectivity index (χ1v) is 19.4. The van der Waals surface area contributed by atoms with E-state index in [0.717, 1.165) is 0 Å². The van der Waals surface area contributed by atoms with Crippen molar-refractivity contribution >= 4 is 53.9 Å². The third-order valence-corrected chi connectivity index (χ3v) is 11.6. The lowest BCUT2D eigenvalue weighted by Crippen LogP contribution is -1.94. The minimum absolute atomic E-state index is 1.20. The Labute approximate surface area is 326 Å². The quantitative estimate of drug-likeness (QED) is 0.123. The molecule has 11 aromatic rings. The molecule has 0 nitrogen and oxygen atoms in total. The van der Waals surface area contributed by atoms with Crippen LogP contribution in [0, 0.1) is 0 Å². The zero-order chi connectivity index (χ0) is 37.0. The predicted molar refractivity (Wildman–Crippen MR) is 241 cm³/mol. The minimum atomic E-state index is 1.20. The van der Waals surface area contributed by atoms with E-state index in [4.69, 9.17) is 0 Å². The highest BCUT2D eigenvalue weighted by atomic mass is 14.2. The van der Waals surface area contributed by atoms with Crippen LogP contribution in [0.3, 0.4) is 0 Å². The van der Waals surface area contributed by atoms with Gasteiger partial charge in [0.1, 0.15) is 0 Å². The van der Waals surface area contributed by atoms with Crippen molar-refractivity contribution in [1.29, 1.82) is 0 Å². The smallest absolute Gasteiger partial charge is 0.00199 e. The van der Waals surface area contributed by atoms with Gasteiger partial charge in [-0.3, -0.25) is 0 Å². The Morgan fingerprint density at radius 3 is 1.38 bits per heavy atom. The van der Waals surface area contributed by atoms with Crippen LogP contribution in [0.1, 0.15) is 0 Å². The van der Waals surface area contributed by atoms with E-state index >= 15 is 0 Å². The van der Waals surface area contributed by atoms with Gasteiger partial charge in [0.25, 0.3) is 0 Å². The molecule has 0 atom stereocenters. The lowest BCUT2D eigenvalue weighted by molar-refractivity contribution is 1.59. The number of hydrogen-bond donors (Lipinski definition) is 0. The molecular weight excluding hydrogens is 673 g/mol. The molecule has 0 aliphatic heterocycles. The van der Waals surface area contributed by atoms with Crippen LogP contribution in [0.15, 0.2) is 218 Å². The molecule has 0 spiro atoms. The molecule has 11 rings (SSSR count). The second-order valence-electron chi connectivity index (χ2n) is 14.8. The van der Waals surface area contributed by atoms with Crippen molar-refractivity contribution in [2.45, 2.75) is 0 Å². The predicted octanol–water partition coefficient (Wildman–Crippen LogP) is 15.8. The molecule has 56 heavy (non-hydrogen) atoms. The van der Waals surface area contributed by atoms with Gasteiger partial charge >= 0.3 is 0 Å². The van der Waals surface area contributed by atoms with E-state index in [1.807, 2.05) is 0 Å². The molecule has 0 bridgehead atoms. The lowest BCUT2D eigenvalue weighted by atomic mass is 9.82. The first kappa shape index (κ1) is 32.2. The number of rotatable bonds is 5. The maximum atomic E-state index is 2.47. The van der Waals surface area contributed by atoms with Crippen molar-refractivity contribution in [1.82, 2.24) is 0 Å². The van der Waals surface area contributed by atoms with E-state index < -0.39 is 0 Å². The highest BCUT2D eigenvalue weighted by Crippen LogP contribution is 2.48. The lowest BCUT2D eigenvalue weighted by Gasteiger charge is -2.21. The monoisotopic (exact) mass is 708 g/mol. The first-order valence-electron chi connectivity index (χ1n) is 19.4. The molecule has 11 aromatic carbocycles. The maximum Gasteiger partial charge on any atom is -0.00199 e. The third-order valence-electron chi connectivity index (χ3n) is 11.6. The van der Waals surface area contributed by atoms with Gasteiger partial charge < -0.3 is 0 Å². The van der Waals surface area contributed by atoms with Crippen LogP contribution in [0.4, 0.5) is 0 Å². The summed E-state index contributed by atoms with van der Waals surface area (Å²) in [5.74, 6) is 0. The summed E-state index contributed by atoms with van der Waals surface area (Å²) < 4.78 is 0. The number of hydrogen-bond acceptors (Lipinski definition) is 0. The fraction of sp³-hybridized carbons (Fsp3) is 0. The van der Waals surface area contributed by atoms with Crippen LogP contribution in [-0.2, 0) is 0 Å². The molecule has 0 aliphatic rings. The van der Waals surface area contributed by atoms with Gasteiger partial charge in [-0.2, -0.15) is 0 Å². The summed E-state index contributed by atoms with van der Waals surface area (Å²) in [5.41, 5.74) is 12.3. The SMILES string of the molecule is c1ccc(-c2c3ccccc3c(-c3cc(-c4cc5ccccc5c5ccccc45)ccc3-c3cccc(-c4cccc5ccccc45)c3)c3ccccc23)cc1. The maximum absolute atomic E-state index is 2.47. The van der Waals surface area contributed by atoms with Gasteiger partial charge in [-0.25, -0.2) is 0 Å². The molecule has 0 saturated heterocycles. The van der Waals surface area contributed by atoms with Gasteiger partial charge in [0.15, 0.2) is 0 Å². The summed E-state index contributed by atoms with van der Waals surface area (Å²) >= 11 is 0. The van der Waals surface area contributed by atoms with E-state index in [-0.39, 0.29) is 0 Å². The number of benzene rings is 11. The molecule has 0 amide bonds. The Kier molecular flexibility index (Phi) is 7.60. The average molecular weight is 709 g/mol. The topological polar surface area (TPSA) is 0 Å². The van der Waals surface area contributed by atoms with Crippen LogP contribution in [-0.4, -0.2) is 0 Å². The Morgan fingerprint density at radius 1 is 0.179 bits per heavy atom. The van der Waals surface area contributed by atoms with Crippen molar-refractivity contribution in [2.75, 3.05) is 0 Å². The van der Waals surface area contributed by atoms with E-state index in [0.29, 0.717) is 0 Å². The molecule has 0 aliphatic carbocycles. The highest BCUT2D eigenvalue weighted by molar-refractivity contribution is 6.23. The van der Waals surface area contributed by atoms with Crippen LogP contribution in [0.2, 0.25) is 0 Å². The van der Waals surface area contributed by atoms with Gasteiger partial charge in [0, 0.05) is 0 Å². The van der Waals surface area contributed by atoms with Gasteiger partial charge in [-0.1, -0.05) is 200 Å². The normalized spacial score (nSPS) is 11.6. The number of fused-ring (bicyclic) bond motifs is 6. The summed E-state index contributed by atoms with van der Waals surface area (Å²) in [6.07, 6.45) is 0. The van der Waals surface area contributed by atoms with Crippen LogP contribution in [0.25, 0.3) is 109 Å². The second kappa shape index (κ2) is 13.2. The van der Waals surface area contributed by atoms with Crippen LogP contribution >= 0.6 is 0 Å². The minimum Gasteiger partial charge on any atom is -0.0622 e. The molecule has 260 valence electrons. The zero-order valence-corrected chi connectivity index (χ0v) is 30.8. The summed E-state index contributed by atoms with van der Waals surface area (Å²) in [7, 11) is 0. The Balaban J connectivity index is 1.24. The van der Waals surface area contributed by atoms with E-state index in [2.05, 4.69) is 218 Å². The molecule has 0 heterocycles. The van der Waals surface area contributed by atoms with Crippen molar-refractivity contribution in [3.05, 3.63) is 218 Å². The molecule has 0 unspecified atom stereocenters. The fourth-order valence-corrected chi connectivity index (χ4v) is 9.13.